The number of phenolic OH excluding ortho intramolecular Hbond substituents is 1. The van der Waals surface area contributed by atoms with Crippen LogP contribution >= 0.6 is 0 Å². The molecule has 0 atom stereocenters. The number of nitrogens with one attached hydrogen (secondary N) is 1. The van der Waals surface area contributed by atoms with Crippen LogP contribution in [0.2, 0.25) is 0 Å². The van der Waals surface area contributed by atoms with Gasteiger partial charge in [-0.05, 0) is 30.7 Å². The molecule has 0 aliphatic heterocycles. The first-order valence-corrected chi connectivity index (χ1v) is 5.04. The van der Waals surface area contributed by atoms with E-state index in [1.807, 2.05) is 32.3 Å². The number of anilines is 1. The van der Waals surface area contributed by atoms with Gasteiger partial charge in [-0.25, -0.2) is 0 Å². The van der Waals surface area contributed by atoms with Gasteiger partial charge in [0, 0.05) is 18.9 Å². The molecule has 2 rings (SSSR count). The zero-order valence-corrected chi connectivity index (χ0v) is 9.31. The number of nitrogens with zero attached hydrogens (tertiary/aromatic N) is 3. The van der Waals surface area contributed by atoms with Crippen molar-refractivity contribution in [3.05, 3.63) is 35.7 Å². The second-order valence-electron chi connectivity index (χ2n) is 3.74. The average Bonchev–Trinajstić information content (AvgIpc) is 2.66. The van der Waals surface area contributed by atoms with Gasteiger partial charge >= 0.3 is 0 Å². The van der Waals surface area contributed by atoms with Gasteiger partial charge in [-0.2, -0.15) is 0 Å². The van der Waals surface area contributed by atoms with E-state index < -0.39 is 0 Å². The monoisotopic (exact) mass is 218 g/mol. The van der Waals surface area contributed by atoms with E-state index in [9.17, 15) is 5.11 Å². The quantitative estimate of drug-likeness (QED) is 0.765. The molecule has 0 aliphatic rings. The summed E-state index contributed by atoms with van der Waals surface area (Å²) in [6, 6.07) is 5.40. The zero-order chi connectivity index (χ0) is 11.5. The summed E-state index contributed by atoms with van der Waals surface area (Å²) in [4.78, 5) is 0. The maximum absolute atomic E-state index is 9.38. The molecule has 0 bridgehead atoms. The molecule has 5 heteroatoms. The lowest BCUT2D eigenvalue weighted by atomic mass is 10.2. The first-order valence-electron chi connectivity index (χ1n) is 5.04. The Hall–Kier alpha value is -2.04. The van der Waals surface area contributed by atoms with Crippen molar-refractivity contribution in [2.24, 2.45) is 7.05 Å². The van der Waals surface area contributed by atoms with Crippen molar-refractivity contribution in [1.82, 2.24) is 15.0 Å². The normalized spacial score (nSPS) is 10.4. The topological polar surface area (TPSA) is 63.0 Å². The first-order chi connectivity index (χ1) is 7.65. The molecule has 0 aliphatic carbocycles. The third-order valence-electron chi connectivity index (χ3n) is 2.32. The average molecular weight is 218 g/mol. The van der Waals surface area contributed by atoms with Crippen molar-refractivity contribution in [2.45, 2.75) is 13.5 Å². The van der Waals surface area contributed by atoms with Crippen LogP contribution in [0.15, 0.2) is 24.4 Å². The molecule has 5 nitrogen and oxygen atoms in total. The molecule has 0 fully saturated rings. The second kappa shape index (κ2) is 4.22. The minimum Gasteiger partial charge on any atom is -0.508 e. The van der Waals surface area contributed by atoms with Crippen molar-refractivity contribution in [1.29, 1.82) is 0 Å². The number of aromatic nitrogens is 3. The van der Waals surface area contributed by atoms with E-state index in [2.05, 4.69) is 15.6 Å². The summed E-state index contributed by atoms with van der Waals surface area (Å²) in [5, 5.41) is 20.4. The maximum atomic E-state index is 9.38. The minimum absolute atomic E-state index is 0.310. The van der Waals surface area contributed by atoms with Gasteiger partial charge in [-0.3, -0.25) is 4.68 Å². The molecule has 2 N–H and O–H groups in total. The van der Waals surface area contributed by atoms with Crippen LogP contribution in [0.25, 0.3) is 0 Å². The van der Waals surface area contributed by atoms with Crippen molar-refractivity contribution in [3.8, 4) is 5.75 Å². The first kappa shape index (κ1) is 10.5. The van der Waals surface area contributed by atoms with Crippen molar-refractivity contribution >= 4 is 5.69 Å². The molecule has 2 aromatic rings. The number of phenols is 1. The predicted octanol–water partition coefficient (Wildman–Crippen LogP) is 1.44. The summed E-state index contributed by atoms with van der Waals surface area (Å²) < 4.78 is 1.67. The lowest BCUT2D eigenvalue weighted by Crippen LogP contribution is -1.99. The third kappa shape index (κ3) is 2.31. The molecular formula is C11H14N4O. The number of benzene rings is 1. The van der Waals surface area contributed by atoms with Crippen molar-refractivity contribution < 1.29 is 5.11 Å². The minimum atomic E-state index is 0.310. The Labute approximate surface area is 93.7 Å². The maximum Gasteiger partial charge on any atom is 0.118 e. The van der Waals surface area contributed by atoms with Crippen LogP contribution in [0.4, 0.5) is 5.69 Å². The smallest absolute Gasteiger partial charge is 0.118 e. The van der Waals surface area contributed by atoms with E-state index in [-0.39, 0.29) is 0 Å². The molecule has 0 amide bonds. The molecule has 0 saturated heterocycles. The summed E-state index contributed by atoms with van der Waals surface area (Å²) >= 11 is 0. The Morgan fingerprint density at radius 1 is 1.44 bits per heavy atom. The van der Waals surface area contributed by atoms with E-state index in [0.717, 1.165) is 16.9 Å². The van der Waals surface area contributed by atoms with E-state index in [1.54, 1.807) is 10.7 Å². The molecule has 0 radical (unpaired) electrons. The molecule has 84 valence electrons. The van der Waals surface area contributed by atoms with Gasteiger partial charge in [-0.1, -0.05) is 5.21 Å². The summed E-state index contributed by atoms with van der Waals surface area (Å²) in [7, 11) is 1.83. The molecule has 1 aromatic heterocycles. The standard InChI is InChI=1S/C11H14N4O/c1-8-5-9(3-4-11(8)16)12-6-10-7-15(2)14-13-10/h3-5,7,12,16H,6H2,1-2H3. The van der Waals surface area contributed by atoms with Gasteiger partial charge in [-0.15, -0.1) is 5.10 Å². The third-order valence-corrected chi connectivity index (χ3v) is 2.32. The Morgan fingerprint density at radius 3 is 2.88 bits per heavy atom. The number of hydrogen-bond donors (Lipinski definition) is 2. The SMILES string of the molecule is Cc1cc(NCc2cn(C)nn2)ccc1O. The highest BCUT2D eigenvalue weighted by atomic mass is 16.3. The Kier molecular flexibility index (Phi) is 2.76. The highest BCUT2D eigenvalue weighted by Crippen LogP contribution is 2.20. The Balaban J connectivity index is 2.02. The van der Waals surface area contributed by atoms with Crippen LogP contribution in [0.1, 0.15) is 11.3 Å². The van der Waals surface area contributed by atoms with Crippen LogP contribution in [-0.2, 0) is 13.6 Å². The summed E-state index contributed by atoms with van der Waals surface area (Å²) in [6.07, 6.45) is 1.86. The van der Waals surface area contributed by atoms with Gasteiger partial charge in [0.05, 0.1) is 6.54 Å². The number of rotatable bonds is 3. The van der Waals surface area contributed by atoms with Gasteiger partial charge < -0.3 is 10.4 Å². The van der Waals surface area contributed by atoms with Gasteiger partial charge in [0.25, 0.3) is 0 Å². The molecule has 1 heterocycles. The molecule has 0 saturated carbocycles. The van der Waals surface area contributed by atoms with Gasteiger partial charge in [0.2, 0.25) is 0 Å². The largest absolute Gasteiger partial charge is 0.508 e. The lowest BCUT2D eigenvalue weighted by Gasteiger charge is -2.06. The van der Waals surface area contributed by atoms with Gasteiger partial charge in [0.1, 0.15) is 11.4 Å². The van der Waals surface area contributed by atoms with Crippen LogP contribution in [0.5, 0.6) is 5.75 Å². The fourth-order valence-corrected chi connectivity index (χ4v) is 1.43. The van der Waals surface area contributed by atoms with Crippen molar-refractivity contribution in [3.63, 3.8) is 0 Å². The van der Waals surface area contributed by atoms with E-state index in [0.29, 0.717) is 12.3 Å². The van der Waals surface area contributed by atoms with Crippen LogP contribution in [0.3, 0.4) is 0 Å². The number of hydrogen-bond acceptors (Lipinski definition) is 4. The molecule has 0 spiro atoms. The van der Waals surface area contributed by atoms with Crippen LogP contribution in [0, 0.1) is 6.92 Å². The zero-order valence-electron chi connectivity index (χ0n) is 9.31. The predicted molar refractivity (Wildman–Crippen MR) is 61.2 cm³/mol. The fourth-order valence-electron chi connectivity index (χ4n) is 1.43. The number of aromatic hydroxyl groups is 1. The molecule has 0 unspecified atom stereocenters. The molecule has 16 heavy (non-hydrogen) atoms. The molecular weight excluding hydrogens is 204 g/mol. The van der Waals surface area contributed by atoms with E-state index in [4.69, 9.17) is 0 Å². The second-order valence-corrected chi connectivity index (χ2v) is 3.74. The Bertz CT molecular complexity index is 492. The highest BCUT2D eigenvalue weighted by Gasteiger charge is 2.00. The van der Waals surface area contributed by atoms with E-state index >= 15 is 0 Å². The summed E-state index contributed by atoms with van der Waals surface area (Å²) in [5.74, 6) is 0.310. The summed E-state index contributed by atoms with van der Waals surface area (Å²) in [5.41, 5.74) is 2.69. The summed E-state index contributed by atoms with van der Waals surface area (Å²) in [6.45, 7) is 2.49. The van der Waals surface area contributed by atoms with Crippen LogP contribution in [-0.4, -0.2) is 20.1 Å². The number of aryl methyl sites for hydroxylation is 2. The highest BCUT2D eigenvalue weighted by molar-refractivity contribution is 5.50. The fraction of sp³-hybridized carbons (Fsp3) is 0.273. The van der Waals surface area contributed by atoms with E-state index in [1.165, 1.54) is 0 Å². The van der Waals surface area contributed by atoms with Crippen molar-refractivity contribution in [2.75, 3.05) is 5.32 Å². The lowest BCUT2D eigenvalue weighted by molar-refractivity contribution is 0.471. The molecule has 1 aromatic carbocycles. The van der Waals surface area contributed by atoms with Crippen LogP contribution < -0.4 is 5.32 Å². The Morgan fingerprint density at radius 2 is 2.25 bits per heavy atom. The van der Waals surface area contributed by atoms with Gasteiger partial charge in [0.15, 0.2) is 0 Å².